The first-order valence-corrected chi connectivity index (χ1v) is 15.6. The third-order valence-corrected chi connectivity index (χ3v) is 9.50. The summed E-state index contributed by atoms with van der Waals surface area (Å²) in [5, 5.41) is 11.1. The molecule has 10 nitrogen and oxygen atoms in total. The molecule has 1 N–H and O–H groups in total. The second-order valence-electron chi connectivity index (χ2n) is 9.06. The summed E-state index contributed by atoms with van der Waals surface area (Å²) in [4.78, 5) is 10.2. The molecule has 0 aliphatic carbocycles. The second kappa shape index (κ2) is 12.6. The molecular formula is C29H29N3O7S2. The number of nitro benzene ring substituents is 1. The summed E-state index contributed by atoms with van der Waals surface area (Å²) in [6.45, 7) is 3.58. The Labute approximate surface area is 239 Å². The molecule has 4 aromatic carbocycles. The van der Waals surface area contributed by atoms with E-state index >= 15 is 0 Å². The smallest absolute Gasteiger partial charge is 0.269 e. The molecule has 0 fully saturated rings. The van der Waals surface area contributed by atoms with Crippen LogP contribution in [0.15, 0.2) is 119 Å². The van der Waals surface area contributed by atoms with Gasteiger partial charge in [-0.3, -0.25) is 10.1 Å². The first-order valence-electron chi connectivity index (χ1n) is 12.6. The molecule has 12 heteroatoms. The zero-order chi connectivity index (χ0) is 29.6. The largest absolute Gasteiger partial charge is 0.355 e. The lowest BCUT2D eigenvalue weighted by atomic mass is 10.1. The minimum atomic E-state index is -4.32. The van der Waals surface area contributed by atoms with Crippen LogP contribution < -0.4 is 9.03 Å². The van der Waals surface area contributed by atoms with Gasteiger partial charge in [-0.05, 0) is 55.8 Å². The molecule has 0 radical (unpaired) electrons. The Morgan fingerprint density at radius 1 is 0.805 bits per heavy atom. The molecule has 0 aliphatic heterocycles. The molecule has 4 aromatic rings. The molecule has 0 spiro atoms. The van der Waals surface area contributed by atoms with Gasteiger partial charge in [0, 0.05) is 18.7 Å². The highest BCUT2D eigenvalue weighted by atomic mass is 32.2. The molecule has 4 rings (SSSR count). The number of anilines is 1. The van der Waals surface area contributed by atoms with Crippen molar-refractivity contribution in [3.63, 3.8) is 0 Å². The molecule has 0 aromatic heterocycles. The average Bonchev–Trinajstić information content (AvgIpc) is 2.97. The van der Waals surface area contributed by atoms with Crippen molar-refractivity contribution in [3.8, 4) is 0 Å². The quantitative estimate of drug-likeness (QED) is 0.135. The van der Waals surface area contributed by atoms with Gasteiger partial charge in [0.15, 0.2) is 6.23 Å². The van der Waals surface area contributed by atoms with E-state index < -0.39 is 37.2 Å². The van der Waals surface area contributed by atoms with Gasteiger partial charge in [-0.15, -0.1) is 0 Å². The van der Waals surface area contributed by atoms with Crippen molar-refractivity contribution in [2.75, 3.05) is 10.9 Å². The van der Waals surface area contributed by atoms with Crippen LogP contribution in [0.4, 0.5) is 11.4 Å². The number of non-ortho nitro benzene ring substituents is 1. The van der Waals surface area contributed by atoms with E-state index in [1.807, 2.05) is 6.92 Å². The first kappa shape index (κ1) is 29.9. The van der Waals surface area contributed by atoms with Gasteiger partial charge >= 0.3 is 0 Å². The summed E-state index contributed by atoms with van der Waals surface area (Å²) in [5.41, 5.74) is 1.31. The van der Waals surface area contributed by atoms with Gasteiger partial charge in [-0.2, -0.15) is 4.72 Å². The zero-order valence-corrected chi connectivity index (χ0v) is 24.0. The van der Waals surface area contributed by atoms with Crippen molar-refractivity contribution in [3.05, 3.63) is 130 Å². The number of nitro groups is 1. The topological polar surface area (TPSA) is 136 Å². The van der Waals surface area contributed by atoms with Crippen molar-refractivity contribution in [2.45, 2.75) is 35.9 Å². The van der Waals surface area contributed by atoms with Gasteiger partial charge < -0.3 is 4.74 Å². The Balaban J connectivity index is 1.89. The lowest BCUT2D eigenvalue weighted by Crippen LogP contribution is -2.50. The normalized spacial score (nSPS) is 13.3. The fourth-order valence-electron chi connectivity index (χ4n) is 4.22. The Hall–Kier alpha value is -4.10. The number of hydrogen-bond donors (Lipinski definition) is 1. The van der Waals surface area contributed by atoms with Gasteiger partial charge in [0.25, 0.3) is 15.7 Å². The van der Waals surface area contributed by atoms with Crippen molar-refractivity contribution < 1.29 is 26.5 Å². The first-order chi connectivity index (χ1) is 19.5. The standard InChI is InChI=1S/C29H29N3O7S2/c1-3-39-29(31(24-12-8-5-9-13-24)41(37,38)27-18-14-22(2)15-19-27)28(23-10-6-4-7-11-23)30-40(35,36)26-20-16-25(17-21-26)32(33)34/h4-21,28-30H,3H2,1-2H3/t28-,29+/m1/s1. The van der Waals surface area contributed by atoms with Gasteiger partial charge in [-0.1, -0.05) is 66.2 Å². The van der Waals surface area contributed by atoms with E-state index in [2.05, 4.69) is 4.72 Å². The molecule has 214 valence electrons. The lowest BCUT2D eigenvalue weighted by Gasteiger charge is -2.37. The van der Waals surface area contributed by atoms with E-state index in [0.717, 1.165) is 34.1 Å². The number of ether oxygens (including phenoxy) is 1. The third-order valence-electron chi connectivity index (χ3n) is 6.24. The van der Waals surface area contributed by atoms with Gasteiger partial charge in [0.05, 0.1) is 26.4 Å². The number of aryl methyl sites for hydroxylation is 1. The number of nitrogens with one attached hydrogen (secondary N) is 1. The maximum Gasteiger partial charge on any atom is 0.269 e. The average molecular weight is 596 g/mol. The summed E-state index contributed by atoms with van der Waals surface area (Å²) < 4.78 is 65.5. The highest BCUT2D eigenvalue weighted by Gasteiger charge is 2.40. The molecule has 0 saturated carbocycles. The summed E-state index contributed by atoms with van der Waals surface area (Å²) in [6, 6.07) is 26.3. The highest BCUT2D eigenvalue weighted by molar-refractivity contribution is 7.93. The minimum absolute atomic E-state index is 0.00157. The maximum atomic E-state index is 14.2. The number of nitrogens with zero attached hydrogens (tertiary/aromatic N) is 2. The van der Waals surface area contributed by atoms with Crippen LogP contribution >= 0.6 is 0 Å². The molecule has 0 saturated heterocycles. The van der Waals surface area contributed by atoms with Crippen LogP contribution in [-0.2, 0) is 24.8 Å². The molecule has 0 amide bonds. The van der Waals surface area contributed by atoms with Crippen LogP contribution in [0.1, 0.15) is 24.1 Å². The van der Waals surface area contributed by atoms with E-state index in [4.69, 9.17) is 4.74 Å². The van der Waals surface area contributed by atoms with E-state index in [1.54, 1.807) is 79.7 Å². The monoisotopic (exact) mass is 595 g/mol. The number of benzene rings is 4. The van der Waals surface area contributed by atoms with Crippen LogP contribution in [0.3, 0.4) is 0 Å². The number of para-hydroxylation sites is 1. The molecule has 41 heavy (non-hydrogen) atoms. The Morgan fingerprint density at radius 3 is 1.88 bits per heavy atom. The predicted octanol–water partition coefficient (Wildman–Crippen LogP) is 5.18. The Bertz CT molecular complexity index is 1680. The number of sulfonamides is 2. The molecule has 0 aliphatic rings. The summed E-state index contributed by atoms with van der Waals surface area (Å²) in [7, 11) is -8.60. The van der Waals surface area contributed by atoms with Crippen LogP contribution in [0.25, 0.3) is 0 Å². The van der Waals surface area contributed by atoms with E-state index in [1.165, 1.54) is 12.1 Å². The van der Waals surface area contributed by atoms with Crippen molar-refractivity contribution in [1.82, 2.24) is 4.72 Å². The van der Waals surface area contributed by atoms with Gasteiger partial charge in [0.2, 0.25) is 10.0 Å². The van der Waals surface area contributed by atoms with Crippen LogP contribution in [0, 0.1) is 17.0 Å². The van der Waals surface area contributed by atoms with Crippen LogP contribution in [0.5, 0.6) is 0 Å². The summed E-state index contributed by atoms with van der Waals surface area (Å²) >= 11 is 0. The molecule has 0 heterocycles. The zero-order valence-electron chi connectivity index (χ0n) is 22.3. The van der Waals surface area contributed by atoms with Crippen molar-refractivity contribution >= 4 is 31.4 Å². The van der Waals surface area contributed by atoms with E-state index in [9.17, 15) is 26.9 Å². The molecule has 2 atom stereocenters. The van der Waals surface area contributed by atoms with Gasteiger partial charge in [-0.25, -0.2) is 21.1 Å². The lowest BCUT2D eigenvalue weighted by molar-refractivity contribution is -0.384. The van der Waals surface area contributed by atoms with Crippen molar-refractivity contribution in [2.24, 2.45) is 0 Å². The van der Waals surface area contributed by atoms with Crippen LogP contribution in [0.2, 0.25) is 0 Å². The number of rotatable bonds is 12. The molecular weight excluding hydrogens is 566 g/mol. The summed E-state index contributed by atoms with van der Waals surface area (Å²) in [5.74, 6) is 0. The van der Waals surface area contributed by atoms with E-state index in [-0.39, 0.29) is 27.8 Å². The highest BCUT2D eigenvalue weighted by Crippen LogP contribution is 2.34. The maximum absolute atomic E-state index is 14.2. The van der Waals surface area contributed by atoms with Crippen molar-refractivity contribution in [1.29, 1.82) is 0 Å². The fourth-order valence-corrected chi connectivity index (χ4v) is 7.00. The Morgan fingerprint density at radius 2 is 1.34 bits per heavy atom. The van der Waals surface area contributed by atoms with Gasteiger partial charge in [0.1, 0.15) is 0 Å². The summed E-state index contributed by atoms with van der Waals surface area (Å²) in [6.07, 6.45) is -1.37. The predicted molar refractivity (Wildman–Crippen MR) is 155 cm³/mol. The van der Waals surface area contributed by atoms with E-state index in [0.29, 0.717) is 5.56 Å². The molecule has 0 unspecified atom stereocenters. The third kappa shape index (κ3) is 6.80. The Kier molecular flexibility index (Phi) is 9.18. The second-order valence-corrected chi connectivity index (χ2v) is 12.6. The fraction of sp³-hybridized carbons (Fsp3) is 0.172. The minimum Gasteiger partial charge on any atom is -0.355 e. The van der Waals surface area contributed by atoms with Crippen LogP contribution in [-0.4, -0.2) is 34.6 Å². The number of hydrogen-bond acceptors (Lipinski definition) is 7. The SMILES string of the molecule is CCO[C@@H]([C@H](NS(=O)(=O)c1ccc([N+](=O)[O-])cc1)c1ccccc1)N(c1ccccc1)S(=O)(=O)c1ccc(C)cc1. The molecule has 0 bridgehead atoms.